The van der Waals surface area contributed by atoms with Gasteiger partial charge in [0.05, 0.1) is 17.3 Å². The van der Waals surface area contributed by atoms with Crippen molar-refractivity contribution in [3.05, 3.63) is 28.3 Å². The van der Waals surface area contributed by atoms with Crippen molar-refractivity contribution in [2.24, 2.45) is 5.92 Å². The number of hydrogen-bond donors (Lipinski definition) is 1. The van der Waals surface area contributed by atoms with Gasteiger partial charge in [0.25, 0.3) is 0 Å². The van der Waals surface area contributed by atoms with Crippen molar-refractivity contribution in [1.82, 2.24) is 9.80 Å². The number of carbonyl (C=O) groups is 2. The van der Waals surface area contributed by atoms with Gasteiger partial charge in [-0.05, 0) is 77.1 Å². The van der Waals surface area contributed by atoms with Crippen LogP contribution in [0.1, 0.15) is 44.7 Å². The number of piperidine rings is 1. The Labute approximate surface area is 179 Å². The highest BCUT2D eigenvalue weighted by atomic mass is 35.5. The Bertz CT molecular complexity index is 722. The number of halogens is 1. The molecule has 1 fully saturated rings. The summed E-state index contributed by atoms with van der Waals surface area (Å²) in [6.45, 7) is 12.1. The number of benzene rings is 1. The van der Waals surface area contributed by atoms with E-state index >= 15 is 0 Å². The maximum atomic E-state index is 12.6. The molecule has 1 aliphatic rings. The Morgan fingerprint density at radius 1 is 1.31 bits per heavy atom. The van der Waals surface area contributed by atoms with Gasteiger partial charge in [0.15, 0.2) is 0 Å². The average molecular weight is 424 g/mol. The molecule has 0 aliphatic carbocycles. The molecule has 0 spiro atoms. The van der Waals surface area contributed by atoms with E-state index in [0.717, 1.165) is 37.1 Å². The second-order valence-electron chi connectivity index (χ2n) is 9.09. The molecule has 1 unspecified atom stereocenters. The molecular formula is C22H34ClN3O3. The number of likely N-dealkylation sites (tertiary alicyclic amines) is 1. The summed E-state index contributed by atoms with van der Waals surface area (Å²) >= 11 is 6.30. The Morgan fingerprint density at radius 2 is 2.00 bits per heavy atom. The average Bonchev–Trinajstić information content (AvgIpc) is 2.57. The molecule has 1 aromatic carbocycles. The van der Waals surface area contributed by atoms with Crippen LogP contribution in [0.2, 0.25) is 5.02 Å². The number of carbonyl (C=O) groups excluding carboxylic acids is 2. The van der Waals surface area contributed by atoms with Crippen molar-refractivity contribution >= 4 is 29.3 Å². The van der Waals surface area contributed by atoms with Gasteiger partial charge in [0, 0.05) is 20.1 Å². The second-order valence-corrected chi connectivity index (χ2v) is 9.50. The topological polar surface area (TPSA) is 61.9 Å². The van der Waals surface area contributed by atoms with Crippen LogP contribution < -0.4 is 5.32 Å². The van der Waals surface area contributed by atoms with Crippen molar-refractivity contribution in [2.75, 3.05) is 38.5 Å². The summed E-state index contributed by atoms with van der Waals surface area (Å²) in [5, 5.41) is 3.52. The largest absolute Gasteiger partial charge is 0.444 e. The van der Waals surface area contributed by atoms with Crippen molar-refractivity contribution in [3.8, 4) is 0 Å². The standard InChI is InChI=1S/C22H34ClN3O3/c1-15-10-16(2)20(18(23)11-15)24-19(27)14-26-9-7-8-17(13-26)12-25(6)21(28)29-22(3,4)5/h10-11,17H,7-9,12-14H2,1-6H3,(H,24,27). The van der Waals surface area contributed by atoms with E-state index in [-0.39, 0.29) is 12.0 Å². The normalized spacial score (nSPS) is 17.7. The van der Waals surface area contributed by atoms with Crippen molar-refractivity contribution in [2.45, 2.75) is 53.1 Å². The number of ether oxygens (including phenoxy) is 1. The zero-order chi connectivity index (χ0) is 21.8. The summed E-state index contributed by atoms with van der Waals surface area (Å²) < 4.78 is 5.43. The van der Waals surface area contributed by atoms with Gasteiger partial charge >= 0.3 is 6.09 Å². The molecule has 1 N–H and O–H groups in total. The molecule has 0 saturated carbocycles. The highest BCUT2D eigenvalue weighted by Crippen LogP contribution is 2.27. The van der Waals surface area contributed by atoms with E-state index in [1.54, 1.807) is 11.9 Å². The van der Waals surface area contributed by atoms with Crippen LogP contribution in [-0.2, 0) is 9.53 Å². The van der Waals surface area contributed by atoms with Gasteiger partial charge in [0.2, 0.25) is 5.91 Å². The molecule has 1 saturated heterocycles. The van der Waals surface area contributed by atoms with Gasteiger partial charge in [-0.2, -0.15) is 0 Å². The highest BCUT2D eigenvalue weighted by molar-refractivity contribution is 6.34. The first kappa shape index (κ1) is 23.5. The molecule has 162 valence electrons. The van der Waals surface area contributed by atoms with E-state index in [9.17, 15) is 9.59 Å². The van der Waals surface area contributed by atoms with Gasteiger partial charge < -0.3 is 15.0 Å². The first-order chi connectivity index (χ1) is 13.4. The van der Waals surface area contributed by atoms with E-state index in [1.165, 1.54) is 0 Å². The molecular weight excluding hydrogens is 390 g/mol. The van der Waals surface area contributed by atoms with Gasteiger partial charge in [-0.15, -0.1) is 0 Å². The summed E-state index contributed by atoms with van der Waals surface area (Å²) in [5.74, 6) is 0.249. The minimum atomic E-state index is -0.503. The molecule has 1 atom stereocenters. The van der Waals surface area contributed by atoms with Gasteiger partial charge in [-0.1, -0.05) is 17.7 Å². The maximum absolute atomic E-state index is 12.6. The monoisotopic (exact) mass is 423 g/mol. The Balaban J connectivity index is 1.88. The quantitative estimate of drug-likeness (QED) is 0.758. The summed E-state index contributed by atoms with van der Waals surface area (Å²) in [4.78, 5) is 28.5. The van der Waals surface area contributed by atoms with Gasteiger partial charge in [-0.3, -0.25) is 9.69 Å². The lowest BCUT2D eigenvalue weighted by atomic mass is 9.97. The van der Waals surface area contributed by atoms with Gasteiger partial charge in [0.1, 0.15) is 5.60 Å². The van der Waals surface area contributed by atoms with Crippen LogP contribution in [0.15, 0.2) is 12.1 Å². The van der Waals surface area contributed by atoms with Crippen LogP contribution in [0.5, 0.6) is 0 Å². The van der Waals surface area contributed by atoms with E-state index in [2.05, 4.69) is 10.2 Å². The number of aryl methyl sites for hydroxylation is 2. The van der Waals surface area contributed by atoms with E-state index in [4.69, 9.17) is 16.3 Å². The molecule has 7 heteroatoms. The Morgan fingerprint density at radius 3 is 2.62 bits per heavy atom. The lowest BCUT2D eigenvalue weighted by Gasteiger charge is -2.34. The smallest absolute Gasteiger partial charge is 0.410 e. The van der Waals surface area contributed by atoms with Gasteiger partial charge in [-0.25, -0.2) is 4.79 Å². The third kappa shape index (κ3) is 7.52. The van der Waals surface area contributed by atoms with Crippen LogP contribution in [-0.4, -0.2) is 60.6 Å². The number of amides is 2. The summed E-state index contributed by atoms with van der Waals surface area (Å²) in [6.07, 6.45) is 1.73. The predicted molar refractivity (Wildman–Crippen MR) is 118 cm³/mol. The van der Waals surface area contributed by atoms with Crippen LogP contribution >= 0.6 is 11.6 Å². The SMILES string of the molecule is Cc1cc(C)c(NC(=O)CN2CCCC(CN(C)C(=O)OC(C)(C)C)C2)c(Cl)c1. The third-order valence-electron chi connectivity index (χ3n) is 4.90. The van der Waals surface area contributed by atoms with E-state index in [0.29, 0.717) is 29.7 Å². The molecule has 0 radical (unpaired) electrons. The fourth-order valence-corrected chi connectivity index (χ4v) is 4.07. The fraction of sp³-hybridized carbons (Fsp3) is 0.636. The maximum Gasteiger partial charge on any atom is 0.410 e. The first-order valence-corrected chi connectivity index (χ1v) is 10.6. The molecule has 29 heavy (non-hydrogen) atoms. The molecule has 2 amide bonds. The molecule has 0 bridgehead atoms. The van der Waals surface area contributed by atoms with E-state index in [1.807, 2.05) is 46.8 Å². The molecule has 2 rings (SSSR count). The lowest BCUT2D eigenvalue weighted by molar-refractivity contribution is -0.117. The minimum absolute atomic E-state index is 0.0694. The first-order valence-electron chi connectivity index (χ1n) is 10.2. The van der Waals surface area contributed by atoms with E-state index < -0.39 is 5.60 Å². The zero-order valence-corrected chi connectivity index (χ0v) is 19.2. The number of nitrogens with one attached hydrogen (secondary N) is 1. The highest BCUT2D eigenvalue weighted by Gasteiger charge is 2.26. The summed E-state index contributed by atoms with van der Waals surface area (Å²) in [6, 6.07) is 3.86. The molecule has 6 nitrogen and oxygen atoms in total. The van der Waals surface area contributed by atoms with Crippen LogP contribution in [0.3, 0.4) is 0 Å². The predicted octanol–water partition coefficient (Wildman–Crippen LogP) is 4.47. The molecule has 1 aromatic rings. The third-order valence-corrected chi connectivity index (χ3v) is 5.20. The van der Waals surface area contributed by atoms with Crippen LogP contribution in [0.4, 0.5) is 10.5 Å². The Kier molecular flexibility index (Phi) is 7.94. The zero-order valence-electron chi connectivity index (χ0n) is 18.5. The number of rotatable bonds is 5. The molecule has 1 heterocycles. The Hall–Kier alpha value is -1.79. The number of anilines is 1. The number of hydrogen-bond acceptors (Lipinski definition) is 4. The number of nitrogens with zero attached hydrogens (tertiary/aromatic N) is 2. The van der Waals surface area contributed by atoms with Crippen LogP contribution in [0, 0.1) is 19.8 Å². The lowest BCUT2D eigenvalue weighted by Crippen LogP contribution is -2.45. The van der Waals surface area contributed by atoms with Crippen LogP contribution in [0.25, 0.3) is 0 Å². The fourth-order valence-electron chi connectivity index (χ4n) is 3.70. The summed E-state index contributed by atoms with van der Waals surface area (Å²) in [7, 11) is 1.77. The van der Waals surface area contributed by atoms with Crippen molar-refractivity contribution in [3.63, 3.8) is 0 Å². The van der Waals surface area contributed by atoms with Crippen molar-refractivity contribution in [1.29, 1.82) is 0 Å². The second kappa shape index (κ2) is 9.81. The van der Waals surface area contributed by atoms with Crippen molar-refractivity contribution < 1.29 is 14.3 Å². The minimum Gasteiger partial charge on any atom is -0.444 e. The summed E-state index contributed by atoms with van der Waals surface area (Å²) in [5.41, 5.74) is 2.20. The molecule has 1 aliphatic heterocycles. The molecule has 0 aromatic heterocycles.